The molecule has 0 aliphatic rings. The highest BCUT2D eigenvalue weighted by Gasteiger charge is 2.10. The van der Waals surface area contributed by atoms with Crippen molar-refractivity contribution in [1.29, 1.82) is 0 Å². The van der Waals surface area contributed by atoms with Gasteiger partial charge in [0.15, 0.2) is 6.61 Å². The molecule has 2 aromatic carbocycles. The minimum absolute atomic E-state index is 0.144. The predicted molar refractivity (Wildman–Crippen MR) is 90.7 cm³/mol. The minimum atomic E-state index is -0.292. The van der Waals surface area contributed by atoms with E-state index < -0.39 is 0 Å². The summed E-state index contributed by atoms with van der Waals surface area (Å²) >= 11 is 10.4. The van der Waals surface area contributed by atoms with Gasteiger partial charge in [-0.05, 0) is 30.3 Å². The van der Waals surface area contributed by atoms with E-state index in [-0.39, 0.29) is 12.5 Å². The molecule has 0 saturated heterocycles. The normalized spacial score (nSPS) is 10.6. The molecule has 0 bridgehead atoms. The van der Waals surface area contributed by atoms with Crippen LogP contribution in [0.5, 0.6) is 5.75 Å². The summed E-state index contributed by atoms with van der Waals surface area (Å²) in [6.07, 6.45) is 0. The zero-order valence-electron chi connectivity index (χ0n) is 11.0. The summed E-state index contributed by atoms with van der Waals surface area (Å²) in [6, 6.07) is 10.6. The Kier molecular flexibility index (Phi) is 4.56. The first kappa shape index (κ1) is 15.2. The molecule has 112 valence electrons. The van der Waals surface area contributed by atoms with Gasteiger partial charge in [-0.25, -0.2) is 0 Å². The minimum Gasteiger partial charge on any atom is -0.482 e. The highest BCUT2D eigenvalue weighted by molar-refractivity contribution is 9.10. The fourth-order valence-electron chi connectivity index (χ4n) is 1.83. The fraction of sp³-hybridized carbons (Fsp3) is 0.0714. The maximum absolute atomic E-state index is 12.0. The van der Waals surface area contributed by atoms with Crippen molar-refractivity contribution in [3.05, 3.63) is 45.9 Å². The lowest BCUT2D eigenvalue weighted by Gasteiger charge is -2.09. The lowest BCUT2D eigenvalue weighted by molar-refractivity contribution is -0.118. The number of fused-ring (bicyclic) bond motifs is 1. The number of anilines is 1. The van der Waals surface area contributed by atoms with Gasteiger partial charge in [0.05, 0.1) is 22.4 Å². The van der Waals surface area contributed by atoms with Crippen molar-refractivity contribution >= 4 is 61.9 Å². The standard InChI is InChI=1S/C14H9BrClN3O2S/c15-8-4-5-12(9(16)6-8)21-7-13(20)17-10-2-1-3-11-14(10)19-22-18-11/h1-6H,7H2,(H,17,20). The molecule has 0 atom stereocenters. The highest BCUT2D eigenvalue weighted by Crippen LogP contribution is 2.27. The molecule has 1 heterocycles. The number of hydrogen-bond acceptors (Lipinski definition) is 5. The maximum atomic E-state index is 12.0. The van der Waals surface area contributed by atoms with Crippen LogP contribution in [0.1, 0.15) is 0 Å². The van der Waals surface area contributed by atoms with Gasteiger partial charge in [0, 0.05) is 4.47 Å². The van der Waals surface area contributed by atoms with Crippen LogP contribution in [0.15, 0.2) is 40.9 Å². The van der Waals surface area contributed by atoms with Crippen molar-refractivity contribution in [3.8, 4) is 5.75 Å². The third-order valence-electron chi connectivity index (χ3n) is 2.81. The van der Waals surface area contributed by atoms with E-state index in [4.69, 9.17) is 16.3 Å². The van der Waals surface area contributed by atoms with Gasteiger partial charge >= 0.3 is 0 Å². The first-order chi connectivity index (χ1) is 10.6. The molecule has 1 N–H and O–H groups in total. The summed E-state index contributed by atoms with van der Waals surface area (Å²) < 4.78 is 14.6. The van der Waals surface area contributed by atoms with E-state index in [0.717, 1.165) is 21.7 Å². The second-order valence-electron chi connectivity index (χ2n) is 4.35. The SMILES string of the molecule is O=C(COc1ccc(Br)cc1Cl)Nc1cccc2nsnc12. The van der Waals surface area contributed by atoms with Crippen LogP contribution >= 0.6 is 39.3 Å². The molecule has 0 spiro atoms. The van der Waals surface area contributed by atoms with Gasteiger partial charge in [0.1, 0.15) is 16.8 Å². The zero-order chi connectivity index (χ0) is 15.5. The van der Waals surface area contributed by atoms with E-state index in [1.807, 2.05) is 12.1 Å². The number of ether oxygens (including phenoxy) is 1. The molecule has 0 saturated carbocycles. The molecular formula is C14H9BrClN3O2S. The van der Waals surface area contributed by atoms with Crippen LogP contribution < -0.4 is 10.1 Å². The summed E-state index contributed by atoms with van der Waals surface area (Å²) in [6.45, 7) is -0.144. The molecule has 3 rings (SSSR count). The molecule has 1 amide bonds. The largest absolute Gasteiger partial charge is 0.482 e. The Morgan fingerprint density at radius 3 is 3.00 bits per heavy atom. The van der Waals surface area contributed by atoms with Crippen LogP contribution in [-0.2, 0) is 4.79 Å². The van der Waals surface area contributed by atoms with Gasteiger partial charge in [-0.1, -0.05) is 33.6 Å². The number of carbonyl (C=O) groups is 1. The average molecular weight is 399 g/mol. The van der Waals surface area contributed by atoms with Gasteiger partial charge in [-0.3, -0.25) is 4.79 Å². The monoisotopic (exact) mass is 397 g/mol. The molecule has 3 aromatic rings. The van der Waals surface area contributed by atoms with Gasteiger partial charge in [-0.2, -0.15) is 8.75 Å². The Hall–Kier alpha value is -1.70. The predicted octanol–water partition coefficient (Wildman–Crippen LogP) is 4.12. The molecule has 0 unspecified atom stereocenters. The molecule has 0 radical (unpaired) electrons. The van der Waals surface area contributed by atoms with Crippen molar-refractivity contribution in [2.24, 2.45) is 0 Å². The maximum Gasteiger partial charge on any atom is 0.262 e. The Morgan fingerprint density at radius 1 is 1.32 bits per heavy atom. The molecule has 0 aliphatic carbocycles. The number of nitrogens with one attached hydrogen (secondary N) is 1. The number of carbonyl (C=O) groups excluding carboxylic acids is 1. The van der Waals surface area contributed by atoms with Crippen LogP contribution in [-0.4, -0.2) is 21.3 Å². The summed E-state index contributed by atoms with van der Waals surface area (Å²) in [7, 11) is 0. The Labute approximate surface area is 143 Å². The number of benzene rings is 2. The molecule has 22 heavy (non-hydrogen) atoms. The van der Waals surface area contributed by atoms with Crippen LogP contribution in [0.4, 0.5) is 5.69 Å². The number of rotatable bonds is 4. The second-order valence-corrected chi connectivity index (χ2v) is 6.20. The van der Waals surface area contributed by atoms with E-state index in [1.54, 1.807) is 24.3 Å². The summed E-state index contributed by atoms with van der Waals surface area (Å²) in [5.41, 5.74) is 2.03. The van der Waals surface area contributed by atoms with E-state index in [2.05, 4.69) is 30.0 Å². The van der Waals surface area contributed by atoms with E-state index in [1.165, 1.54) is 0 Å². The first-order valence-electron chi connectivity index (χ1n) is 6.22. The zero-order valence-corrected chi connectivity index (χ0v) is 14.2. The van der Waals surface area contributed by atoms with Gasteiger partial charge in [0.25, 0.3) is 5.91 Å². The van der Waals surface area contributed by atoms with Crippen LogP contribution in [0.25, 0.3) is 11.0 Å². The summed E-state index contributed by atoms with van der Waals surface area (Å²) in [5.74, 6) is 0.160. The second kappa shape index (κ2) is 6.60. The number of amides is 1. The van der Waals surface area contributed by atoms with E-state index in [9.17, 15) is 4.79 Å². The third kappa shape index (κ3) is 3.37. The molecular weight excluding hydrogens is 390 g/mol. The van der Waals surface area contributed by atoms with Crippen LogP contribution in [0.3, 0.4) is 0 Å². The lowest BCUT2D eigenvalue weighted by atomic mass is 10.2. The number of nitrogens with zero attached hydrogens (tertiary/aromatic N) is 2. The molecule has 5 nitrogen and oxygen atoms in total. The molecule has 8 heteroatoms. The molecule has 0 aliphatic heterocycles. The topological polar surface area (TPSA) is 64.1 Å². The molecule has 0 fully saturated rings. The smallest absolute Gasteiger partial charge is 0.262 e. The van der Waals surface area contributed by atoms with Crippen LogP contribution in [0.2, 0.25) is 5.02 Å². The Bertz CT molecular complexity index is 840. The highest BCUT2D eigenvalue weighted by atomic mass is 79.9. The van der Waals surface area contributed by atoms with Gasteiger partial charge in [-0.15, -0.1) is 0 Å². The van der Waals surface area contributed by atoms with Crippen molar-refractivity contribution < 1.29 is 9.53 Å². The van der Waals surface area contributed by atoms with Crippen molar-refractivity contribution in [1.82, 2.24) is 8.75 Å². The van der Waals surface area contributed by atoms with Gasteiger partial charge in [0.2, 0.25) is 0 Å². The Balaban J connectivity index is 1.66. The van der Waals surface area contributed by atoms with E-state index >= 15 is 0 Å². The van der Waals surface area contributed by atoms with Crippen molar-refractivity contribution in [2.45, 2.75) is 0 Å². The summed E-state index contributed by atoms with van der Waals surface area (Å²) in [4.78, 5) is 12.0. The average Bonchev–Trinajstić information content (AvgIpc) is 2.96. The number of hydrogen-bond donors (Lipinski definition) is 1. The molecule has 1 aromatic heterocycles. The van der Waals surface area contributed by atoms with E-state index in [0.29, 0.717) is 22.0 Å². The van der Waals surface area contributed by atoms with Crippen molar-refractivity contribution in [2.75, 3.05) is 11.9 Å². The van der Waals surface area contributed by atoms with Gasteiger partial charge < -0.3 is 10.1 Å². The van der Waals surface area contributed by atoms with Crippen molar-refractivity contribution in [3.63, 3.8) is 0 Å². The first-order valence-corrected chi connectivity index (χ1v) is 8.12. The van der Waals surface area contributed by atoms with Crippen LogP contribution in [0, 0.1) is 0 Å². The summed E-state index contributed by atoms with van der Waals surface area (Å²) in [5, 5.41) is 3.20. The number of halogens is 2. The third-order valence-corrected chi connectivity index (χ3v) is 4.14. The quantitative estimate of drug-likeness (QED) is 0.718. The fourth-order valence-corrected chi connectivity index (χ4v) is 3.11. The number of aromatic nitrogens is 2. The lowest BCUT2D eigenvalue weighted by Crippen LogP contribution is -2.20. The Morgan fingerprint density at radius 2 is 2.18 bits per heavy atom.